The smallest absolute Gasteiger partial charge is 0.338 e. The van der Waals surface area contributed by atoms with Gasteiger partial charge in [-0.1, -0.05) is 6.07 Å². The van der Waals surface area contributed by atoms with Gasteiger partial charge in [0.15, 0.2) is 6.10 Å². The number of hydrogen-bond acceptors (Lipinski definition) is 3. The number of para-hydroxylation sites is 1. The van der Waals surface area contributed by atoms with Gasteiger partial charge in [0.05, 0.1) is 5.56 Å². The van der Waals surface area contributed by atoms with Crippen LogP contribution >= 0.6 is 0 Å². The molecule has 0 aliphatic rings. The highest BCUT2D eigenvalue weighted by Gasteiger charge is 2.21. The first-order valence-electron chi connectivity index (χ1n) is 6.60. The maximum atomic E-state index is 13.4. The van der Waals surface area contributed by atoms with Crippen molar-refractivity contribution in [1.29, 1.82) is 0 Å². The van der Waals surface area contributed by atoms with Gasteiger partial charge in [-0.15, -0.1) is 0 Å². The third-order valence-electron chi connectivity index (χ3n) is 2.94. The van der Waals surface area contributed by atoms with Crippen molar-refractivity contribution in [1.82, 2.24) is 0 Å². The van der Waals surface area contributed by atoms with Gasteiger partial charge in [-0.3, -0.25) is 4.79 Å². The minimum atomic E-state index is -1.30. The quantitative estimate of drug-likeness (QED) is 0.879. The van der Waals surface area contributed by atoms with E-state index in [0.29, 0.717) is 0 Å². The maximum Gasteiger partial charge on any atom is 0.338 e. The zero-order valence-corrected chi connectivity index (χ0v) is 12.0. The van der Waals surface area contributed by atoms with Gasteiger partial charge in [-0.25, -0.2) is 18.0 Å². The van der Waals surface area contributed by atoms with E-state index < -0.39 is 41.1 Å². The highest BCUT2D eigenvalue weighted by atomic mass is 19.1. The van der Waals surface area contributed by atoms with E-state index in [1.54, 1.807) is 0 Å². The summed E-state index contributed by atoms with van der Waals surface area (Å²) in [5.74, 6) is -4.18. The highest BCUT2D eigenvalue weighted by molar-refractivity contribution is 5.97. The third-order valence-corrected chi connectivity index (χ3v) is 2.94. The molecule has 1 atom stereocenters. The number of anilines is 1. The second kappa shape index (κ2) is 6.95. The normalized spacial score (nSPS) is 11.7. The van der Waals surface area contributed by atoms with E-state index in [-0.39, 0.29) is 5.56 Å². The molecule has 0 aliphatic carbocycles. The fourth-order valence-electron chi connectivity index (χ4n) is 1.71. The lowest BCUT2D eigenvalue weighted by molar-refractivity contribution is -0.123. The molecule has 0 radical (unpaired) electrons. The zero-order chi connectivity index (χ0) is 17.0. The fraction of sp³-hybridized carbons (Fsp3) is 0.125. The Morgan fingerprint density at radius 1 is 1.00 bits per heavy atom. The standard InChI is InChI=1S/C16H12F3NO3/c1-9(23-16(22)10-5-7-11(17)8-6-10)15(21)20-14-12(18)3-2-4-13(14)19/h2-9H,1H3,(H,20,21). The lowest BCUT2D eigenvalue weighted by Gasteiger charge is -2.14. The molecule has 7 heteroatoms. The topological polar surface area (TPSA) is 55.4 Å². The predicted molar refractivity (Wildman–Crippen MR) is 76.3 cm³/mol. The molecule has 4 nitrogen and oxygen atoms in total. The number of ether oxygens (including phenoxy) is 1. The summed E-state index contributed by atoms with van der Waals surface area (Å²) in [5.41, 5.74) is -0.578. The third kappa shape index (κ3) is 4.09. The van der Waals surface area contributed by atoms with Crippen molar-refractivity contribution in [2.45, 2.75) is 13.0 Å². The number of nitrogens with one attached hydrogen (secondary N) is 1. The molecule has 1 unspecified atom stereocenters. The number of hydrogen-bond donors (Lipinski definition) is 1. The molecule has 0 aromatic heterocycles. The molecule has 1 N–H and O–H groups in total. The van der Waals surface area contributed by atoms with E-state index in [0.717, 1.165) is 30.3 Å². The first-order valence-corrected chi connectivity index (χ1v) is 6.60. The van der Waals surface area contributed by atoms with Gasteiger partial charge in [-0.2, -0.15) is 0 Å². The van der Waals surface area contributed by atoms with E-state index >= 15 is 0 Å². The van der Waals surface area contributed by atoms with Gasteiger partial charge in [-0.05, 0) is 43.3 Å². The number of amides is 1. The second-order valence-electron chi connectivity index (χ2n) is 4.64. The van der Waals surface area contributed by atoms with Gasteiger partial charge in [0, 0.05) is 0 Å². The summed E-state index contributed by atoms with van der Waals surface area (Å²) in [4.78, 5) is 23.6. The molecule has 0 heterocycles. The highest BCUT2D eigenvalue weighted by Crippen LogP contribution is 2.18. The van der Waals surface area contributed by atoms with E-state index in [4.69, 9.17) is 4.74 Å². The molecule has 23 heavy (non-hydrogen) atoms. The lowest BCUT2D eigenvalue weighted by atomic mass is 10.2. The molecule has 0 aliphatic heterocycles. The second-order valence-corrected chi connectivity index (χ2v) is 4.64. The van der Waals surface area contributed by atoms with Crippen LogP contribution in [0.4, 0.5) is 18.9 Å². The minimum Gasteiger partial charge on any atom is -0.449 e. The number of carbonyl (C=O) groups excluding carboxylic acids is 2. The van der Waals surface area contributed by atoms with Crippen molar-refractivity contribution in [2.24, 2.45) is 0 Å². The SMILES string of the molecule is CC(OC(=O)c1ccc(F)cc1)C(=O)Nc1c(F)cccc1F. The van der Waals surface area contributed by atoms with E-state index in [1.807, 2.05) is 5.32 Å². The summed E-state index contributed by atoms with van der Waals surface area (Å²) in [7, 11) is 0. The van der Waals surface area contributed by atoms with Crippen LogP contribution in [0.15, 0.2) is 42.5 Å². The summed E-state index contributed by atoms with van der Waals surface area (Å²) in [5, 5.41) is 2.02. The average Bonchev–Trinajstić information content (AvgIpc) is 2.51. The summed E-state index contributed by atoms with van der Waals surface area (Å²) >= 11 is 0. The Labute approximate surface area is 129 Å². The van der Waals surface area contributed by atoms with Crippen LogP contribution in [0, 0.1) is 17.5 Å². The minimum absolute atomic E-state index is 0.0446. The number of esters is 1. The molecule has 0 saturated heterocycles. The monoisotopic (exact) mass is 323 g/mol. The van der Waals surface area contributed by atoms with Gasteiger partial charge in [0.1, 0.15) is 23.1 Å². The first kappa shape index (κ1) is 16.5. The maximum absolute atomic E-state index is 13.4. The molecule has 120 valence electrons. The molecule has 1 amide bonds. The van der Waals surface area contributed by atoms with Crippen LogP contribution in [-0.2, 0) is 9.53 Å². The van der Waals surface area contributed by atoms with Crippen molar-refractivity contribution in [3.05, 3.63) is 65.5 Å². The largest absolute Gasteiger partial charge is 0.449 e. The molecule has 0 fully saturated rings. The lowest BCUT2D eigenvalue weighted by Crippen LogP contribution is -2.30. The van der Waals surface area contributed by atoms with Crippen molar-refractivity contribution >= 4 is 17.6 Å². The van der Waals surface area contributed by atoms with Gasteiger partial charge in [0.25, 0.3) is 5.91 Å². The number of halogens is 3. The Morgan fingerprint density at radius 3 is 2.13 bits per heavy atom. The Balaban J connectivity index is 2.02. The molecule has 0 bridgehead atoms. The Bertz CT molecular complexity index is 712. The first-order chi connectivity index (χ1) is 10.9. The summed E-state index contributed by atoms with van der Waals surface area (Å²) < 4.78 is 44.5. The van der Waals surface area contributed by atoms with Crippen molar-refractivity contribution in [3.8, 4) is 0 Å². The number of carbonyl (C=O) groups is 2. The van der Waals surface area contributed by atoms with E-state index in [1.165, 1.54) is 19.1 Å². The van der Waals surface area contributed by atoms with Gasteiger partial charge >= 0.3 is 5.97 Å². The molecule has 2 aromatic carbocycles. The fourth-order valence-corrected chi connectivity index (χ4v) is 1.71. The van der Waals surface area contributed by atoms with Crippen LogP contribution < -0.4 is 5.32 Å². The Hall–Kier alpha value is -2.83. The predicted octanol–water partition coefficient (Wildman–Crippen LogP) is 3.29. The van der Waals surface area contributed by atoms with Crippen LogP contribution in [0.25, 0.3) is 0 Å². The molecule has 0 spiro atoms. The van der Waals surface area contributed by atoms with E-state index in [9.17, 15) is 22.8 Å². The van der Waals surface area contributed by atoms with Crippen molar-refractivity contribution < 1.29 is 27.5 Å². The number of benzene rings is 2. The van der Waals surface area contributed by atoms with Crippen molar-refractivity contribution in [2.75, 3.05) is 5.32 Å². The van der Waals surface area contributed by atoms with E-state index in [2.05, 4.69) is 0 Å². The summed E-state index contributed by atoms with van der Waals surface area (Å²) in [6, 6.07) is 7.63. The Morgan fingerprint density at radius 2 is 1.57 bits per heavy atom. The zero-order valence-electron chi connectivity index (χ0n) is 12.0. The molecular formula is C16H12F3NO3. The van der Waals surface area contributed by atoms with Crippen LogP contribution in [0.1, 0.15) is 17.3 Å². The summed E-state index contributed by atoms with van der Waals surface area (Å²) in [6.07, 6.45) is -1.30. The molecular weight excluding hydrogens is 311 g/mol. The van der Waals surface area contributed by atoms with Crippen LogP contribution in [-0.4, -0.2) is 18.0 Å². The van der Waals surface area contributed by atoms with Gasteiger partial charge < -0.3 is 10.1 Å². The van der Waals surface area contributed by atoms with Crippen LogP contribution in [0.2, 0.25) is 0 Å². The Kier molecular flexibility index (Phi) is 5.00. The van der Waals surface area contributed by atoms with Crippen molar-refractivity contribution in [3.63, 3.8) is 0 Å². The molecule has 2 aromatic rings. The molecule has 0 saturated carbocycles. The molecule has 2 rings (SSSR count). The van der Waals surface area contributed by atoms with Gasteiger partial charge in [0.2, 0.25) is 0 Å². The summed E-state index contributed by atoms with van der Waals surface area (Å²) in [6.45, 7) is 1.25. The average molecular weight is 323 g/mol. The number of rotatable bonds is 4. The van der Waals surface area contributed by atoms with Crippen LogP contribution in [0.5, 0.6) is 0 Å². The van der Waals surface area contributed by atoms with Crippen LogP contribution in [0.3, 0.4) is 0 Å².